The second kappa shape index (κ2) is 10.1. The van der Waals surface area contributed by atoms with Crippen LogP contribution < -0.4 is 5.32 Å². The molecule has 1 aliphatic rings. The Labute approximate surface area is 183 Å². The topological polar surface area (TPSA) is 61.8 Å². The van der Waals surface area contributed by atoms with E-state index in [1.807, 2.05) is 37.4 Å². The van der Waals surface area contributed by atoms with Gasteiger partial charge in [-0.3, -0.25) is 4.79 Å². The van der Waals surface area contributed by atoms with Gasteiger partial charge in [-0.05, 0) is 35.4 Å². The summed E-state index contributed by atoms with van der Waals surface area (Å²) in [6.45, 7) is 1.70. The maximum atomic E-state index is 12.7. The summed E-state index contributed by atoms with van der Waals surface area (Å²) in [5, 5.41) is 15.5. The van der Waals surface area contributed by atoms with Gasteiger partial charge in [0.25, 0.3) is 0 Å². The number of benzene rings is 3. The van der Waals surface area contributed by atoms with Crippen LogP contribution in [0.5, 0.6) is 0 Å². The molecule has 0 spiro atoms. The zero-order valence-corrected chi connectivity index (χ0v) is 17.9. The summed E-state index contributed by atoms with van der Waals surface area (Å²) in [7, 11) is 1.94. The van der Waals surface area contributed by atoms with Crippen LogP contribution in [0.4, 0.5) is 0 Å². The average molecular weight is 419 g/mol. The van der Waals surface area contributed by atoms with Gasteiger partial charge in [0.15, 0.2) is 0 Å². The van der Waals surface area contributed by atoms with E-state index in [2.05, 4.69) is 47.8 Å². The van der Waals surface area contributed by atoms with Crippen molar-refractivity contribution in [1.29, 1.82) is 0 Å². The Balaban J connectivity index is 1.61. The molecule has 1 amide bonds. The Morgan fingerprint density at radius 2 is 1.81 bits per heavy atom. The predicted octanol–water partition coefficient (Wildman–Crippen LogP) is 3.49. The van der Waals surface area contributed by atoms with E-state index in [9.17, 15) is 9.90 Å². The smallest absolute Gasteiger partial charge is 0.248 e. The largest absolute Gasteiger partial charge is 0.391 e. The first kappa shape index (κ1) is 21.5. The van der Waals surface area contributed by atoms with Crippen LogP contribution in [0, 0.1) is 0 Å². The molecule has 1 fully saturated rings. The Bertz CT molecular complexity index is 1010. The molecule has 31 heavy (non-hydrogen) atoms. The maximum Gasteiger partial charge on any atom is 0.248 e. The molecule has 0 aliphatic carbocycles. The first-order chi connectivity index (χ1) is 15.2. The van der Waals surface area contributed by atoms with Gasteiger partial charge in [0, 0.05) is 25.6 Å². The second-order valence-corrected chi connectivity index (χ2v) is 8.20. The Morgan fingerprint density at radius 1 is 1.06 bits per heavy atom. The number of rotatable bonds is 8. The molecule has 1 heterocycles. The first-order valence-electron chi connectivity index (χ1n) is 10.9. The van der Waals surface area contributed by atoms with Crippen LogP contribution in [-0.2, 0) is 9.53 Å². The van der Waals surface area contributed by atoms with Gasteiger partial charge in [0.05, 0.1) is 12.2 Å². The number of ether oxygens (including phenoxy) is 1. The van der Waals surface area contributed by atoms with Gasteiger partial charge < -0.3 is 20.1 Å². The number of carbonyl (C=O) groups excluding carboxylic acids is 1. The van der Waals surface area contributed by atoms with Crippen molar-refractivity contribution in [3.8, 4) is 0 Å². The number of carbonyl (C=O) groups is 1. The van der Waals surface area contributed by atoms with Crippen molar-refractivity contribution in [2.75, 3.05) is 33.3 Å². The third-order valence-corrected chi connectivity index (χ3v) is 6.02. The normalized spacial score (nSPS) is 18.3. The molecule has 5 nitrogen and oxygen atoms in total. The van der Waals surface area contributed by atoms with Gasteiger partial charge in [-0.15, -0.1) is 0 Å². The average Bonchev–Trinajstić information content (AvgIpc) is 3.25. The van der Waals surface area contributed by atoms with Crippen LogP contribution in [0.2, 0.25) is 0 Å². The molecule has 3 aromatic carbocycles. The minimum Gasteiger partial charge on any atom is -0.391 e. The SMILES string of the molecule is CNC[C@H](c1ccc2ccccc2c1)[C@H](OCC(=O)N1CC[C@@H](O)C1)c1ccccc1. The Morgan fingerprint density at radius 3 is 2.52 bits per heavy atom. The summed E-state index contributed by atoms with van der Waals surface area (Å²) in [6.07, 6.45) is -0.0670. The molecule has 5 heteroatoms. The third-order valence-electron chi connectivity index (χ3n) is 6.02. The van der Waals surface area contributed by atoms with Crippen LogP contribution in [0.25, 0.3) is 10.8 Å². The van der Waals surface area contributed by atoms with Crippen LogP contribution >= 0.6 is 0 Å². The Kier molecular flexibility index (Phi) is 6.97. The number of nitrogens with zero attached hydrogens (tertiary/aromatic N) is 1. The van der Waals surface area contributed by atoms with Crippen LogP contribution in [0.3, 0.4) is 0 Å². The second-order valence-electron chi connectivity index (χ2n) is 8.20. The van der Waals surface area contributed by atoms with Gasteiger partial charge in [-0.2, -0.15) is 0 Å². The molecule has 3 aromatic rings. The standard InChI is InChI=1S/C26H30N2O3/c1-27-16-24(22-12-11-19-7-5-6-10-21(19)15-22)26(20-8-3-2-4-9-20)31-18-25(30)28-14-13-23(29)17-28/h2-12,15,23-24,26-27,29H,13-14,16-18H2,1H3/t23-,24-,26-/m1/s1. The van der Waals surface area contributed by atoms with E-state index in [0.717, 1.165) is 5.56 Å². The number of β-amino-alcohol motifs (C(OH)–C–C–N with tert-alkyl or cyclic N) is 1. The van der Waals surface area contributed by atoms with Crippen molar-refractivity contribution in [3.63, 3.8) is 0 Å². The third kappa shape index (κ3) is 5.13. The van der Waals surface area contributed by atoms with Gasteiger partial charge in [-0.1, -0.05) is 72.8 Å². The van der Waals surface area contributed by atoms with E-state index < -0.39 is 6.10 Å². The zero-order valence-electron chi connectivity index (χ0n) is 17.9. The summed E-state index contributed by atoms with van der Waals surface area (Å²) in [5.41, 5.74) is 2.22. The number of amides is 1. The lowest BCUT2D eigenvalue weighted by Crippen LogP contribution is -2.34. The highest BCUT2D eigenvalue weighted by molar-refractivity contribution is 5.83. The number of fused-ring (bicyclic) bond motifs is 1. The number of aliphatic hydroxyl groups excluding tert-OH is 1. The lowest BCUT2D eigenvalue weighted by atomic mass is 9.87. The minimum atomic E-state index is -0.427. The van der Waals surface area contributed by atoms with Gasteiger partial charge in [-0.25, -0.2) is 0 Å². The van der Waals surface area contributed by atoms with Gasteiger partial charge >= 0.3 is 0 Å². The molecule has 162 valence electrons. The monoisotopic (exact) mass is 418 g/mol. The van der Waals surface area contributed by atoms with E-state index in [0.29, 0.717) is 26.1 Å². The summed E-state index contributed by atoms with van der Waals surface area (Å²) in [4.78, 5) is 14.4. The summed E-state index contributed by atoms with van der Waals surface area (Å²) < 4.78 is 6.31. The van der Waals surface area contributed by atoms with Crippen molar-refractivity contribution < 1.29 is 14.6 Å². The zero-order chi connectivity index (χ0) is 21.6. The van der Waals surface area contributed by atoms with Crippen molar-refractivity contribution >= 4 is 16.7 Å². The molecular formula is C26H30N2O3. The first-order valence-corrected chi connectivity index (χ1v) is 10.9. The molecule has 2 N–H and O–H groups in total. The van der Waals surface area contributed by atoms with E-state index >= 15 is 0 Å². The molecule has 0 bridgehead atoms. The van der Waals surface area contributed by atoms with Crippen LogP contribution in [0.1, 0.15) is 29.6 Å². The van der Waals surface area contributed by atoms with E-state index in [1.54, 1.807) is 4.90 Å². The lowest BCUT2D eigenvalue weighted by molar-refractivity contribution is -0.138. The summed E-state index contributed by atoms with van der Waals surface area (Å²) in [6, 6.07) is 24.9. The molecule has 0 unspecified atom stereocenters. The highest BCUT2D eigenvalue weighted by Gasteiger charge is 2.29. The van der Waals surface area contributed by atoms with Crippen molar-refractivity contribution in [3.05, 3.63) is 83.9 Å². The number of nitrogens with one attached hydrogen (secondary N) is 1. The predicted molar refractivity (Wildman–Crippen MR) is 123 cm³/mol. The van der Waals surface area contributed by atoms with Crippen LogP contribution in [0.15, 0.2) is 72.8 Å². The highest BCUT2D eigenvalue weighted by Crippen LogP contribution is 2.35. The molecular weight excluding hydrogens is 388 g/mol. The number of likely N-dealkylation sites (N-methyl/N-ethyl adjacent to an activating group) is 1. The number of aliphatic hydroxyl groups is 1. The number of hydrogen-bond acceptors (Lipinski definition) is 4. The molecule has 4 rings (SSSR count). The quantitative estimate of drug-likeness (QED) is 0.588. The maximum absolute atomic E-state index is 12.7. The Hall–Kier alpha value is -2.73. The van der Waals surface area contributed by atoms with Crippen LogP contribution in [-0.4, -0.2) is 55.3 Å². The fraction of sp³-hybridized carbons (Fsp3) is 0.346. The minimum absolute atomic E-state index is 0.0000759. The van der Waals surface area contributed by atoms with Gasteiger partial charge in [0.1, 0.15) is 6.61 Å². The summed E-state index contributed by atoms with van der Waals surface area (Å²) in [5.74, 6) is -0.0341. The van der Waals surface area contributed by atoms with Gasteiger partial charge in [0.2, 0.25) is 5.91 Å². The number of hydrogen-bond donors (Lipinski definition) is 2. The van der Waals surface area contributed by atoms with Crippen molar-refractivity contribution in [1.82, 2.24) is 10.2 Å². The molecule has 0 saturated carbocycles. The van der Waals surface area contributed by atoms with Crippen molar-refractivity contribution in [2.45, 2.75) is 24.5 Å². The molecule has 1 aliphatic heterocycles. The molecule has 0 radical (unpaired) electrons. The van der Waals surface area contributed by atoms with Crippen molar-refractivity contribution in [2.24, 2.45) is 0 Å². The van der Waals surface area contributed by atoms with E-state index in [4.69, 9.17) is 4.74 Å². The molecule has 3 atom stereocenters. The fourth-order valence-corrected chi connectivity index (χ4v) is 4.37. The fourth-order valence-electron chi connectivity index (χ4n) is 4.37. The highest BCUT2D eigenvalue weighted by atomic mass is 16.5. The van der Waals surface area contributed by atoms with E-state index in [-0.39, 0.29) is 24.5 Å². The molecule has 0 aromatic heterocycles. The molecule has 1 saturated heterocycles. The summed E-state index contributed by atoms with van der Waals surface area (Å²) >= 11 is 0. The lowest BCUT2D eigenvalue weighted by Gasteiger charge is -2.29. The van der Waals surface area contributed by atoms with E-state index in [1.165, 1.54) is 16.3 Å². The number of likely N-dealkylation sites (tertiary alicyclic amines) is 1.